The summed E-state index contributed by atoms with van der Waals surface area (Å²) in [5, 5.41) is 0. The average molecular weight is 439 g/mol. The zero-order chi connectivity index (χ0) is 20.0. The van der Waals surface area contributed by atoms with E-state index in [-0.39, 0.29) is 5.56 Å². The number of hydrazine groups is 1. The molecule has 0 aliphatic carbocycles. The predicted molar refractivity (Wildman–Crippen MR) is 102 cm³/mol. The largest absolute Gasteiger partial charge is 0.493 e. The molecular formula is C18H19BrN2O6. The summed E-state index contributed by atoms with van der Waals surface area (Å²) in [4.78, 5) is 24.7. The Hall–Kier alpha value is -2.94. The molecular weight excluding hydrogens is 420 g/mol. The van der Waals surface area contributed by atoms with Gasteiger partial charge in [-0.3, -0.25) is 20.4 Å². The van der Waals surface area contributed by atoms with Gasteiger partial charge in [0.25, 0.3) is 11.8 Å². The van der Waals surface area contributed by atoms with E-state index in [4.69, 9.17) is 18.9 Å². The number of halogens is 1. The van der Waals surface area contributed by atoms with Crippen LogP contribution < -0.4 is 29.8 Å². The molecule has 0 spiro atoms. The van der Waals surface area contributed by atoms with Crippen LogP contribution in [0.15, 0.2) is 34.8 Å². The number of carbonyl (C=O) groups is 2. The maximum Gasteiger partial charge on any atom is 0.270 e. The highest BCUT2D eigenvalue weighted by Crippen LogP contribution is 2.33. The van der Waals surface area contributed by atoms with Crippen LogP contribution in [0.2, 0.25) is 0 Å². The summed E-state index contributed by atoms with van der Waals surface area (Å²) in [5.74, 6) is 0.705. The fraction of sp³-hybridized carbons (Fsp3) is 0.222. The summed E-state index contributed by atoms with van der Waals surface area (Å²) in [6.45, 7) is 0. The molecule has 0 aromatic heterocycles. The van der Waals surface area contributed by atoms with E-state index in [1.165, 1.54) is 40.6 Å². The Morgan fingerprint density at radius 2 is 1.26 bits per heavy atom. The quantitative estimate of drug-likeness (QED) is 0.672. The third-order valence-corrected chi connectivity index (χ3v) is 4.31. The van der Waals surface area contributed by atoms with E-state index in [1.54, 1.807) is 18.2 Å². The van der Waals surface area contributed by atoms with Crippen LogP contribution in [-0.2, 0) is 0 Å². The number of methoxy groups -OCH3 is 4. The van der Waals surface area contributed by atoms with Crippen LogP contribution in [0.3, 0.4) is 0 Å². The summed E-state index contributed by atoms with van der Waals surface area (Å²) in [6, 6.07) is 7.76. The van der Waals surface area contributed by atoms with Crippen LogP contribution in [-0.4, -0.2) is 40.3 Å². The van der Waals surface area contributed by atoms with Crippen LogP contribution >= 0.6 is 15.9 Å². The number of benzene rings is 2. The van der Waals surface area contributed by atoms with Crippen molar-refractivity contribution in [1.29, 1.82) is 0 Å². The number of hydrogen-bond acceptors (Lipinski definition) is 6. The van der Waals surface area contributed by atoms with Gasteiger partial charge in [-0.1, -0.05) is 0 Å². The summed E-state index contributed by atoms with van der Waals surface area (Å²) in [7, 11) is 5.92. The molecule has 0 fully saturated rings. The lowest BCUT2D eigenvalue weighted by Crippen LogP contribution is -2.41. The fourth-order valence-electron chi connectivity index (χ4n) is 2.26. The Bertz CT molecular complexity index is 856. The van der Waals surface area contributed by atoms with Gasteiger partial charge < -0.3 is 18.9 Å². The zero-order valence-electron chi connectivity index (χ0n) is 15.2. The van der Waals surface area contributed by atoms with Crippen LogP contribution in [0.1, 0.15) is 20.7 Å². The highest BCUT2D eigenvalue weighted by atomic mass is 79.9. The predicted octanol–water partition coefficient (Wildman–Crippen LogP) is 2.56. The second-order valence-electron chi connectivity index (χ2n) is 5.17. The molecule has 0 bridgehead atoms. The standard InChI is InChI=1S/C18H19BrN2O6/c1-24-13-6-5-10(7-14(13)25-2)17(22)20-21-18(23)11-8-15(26-3)16(27-4)9-12(11)19/h5-9H,1-4H3,(H,20,22)(H,21,23). The van der Waals surface area contributed by atoms with Gasteiger partial charge in [-0.15, -0.1) is 0 Å². The molecule has 0 heterocycles. The highest BCUT2D eigenvalue weighted by molar-refractivity contribution is 9.10. The molecule has 2 N–H and O–H groups in total. The van der Waals surface area contributed by atoms with E-state index in [9.17, 15) is 9.59 Å². The molecule has 0 saturated carbocycles. The second kappa shape index (κ2) is 9.13. The van der Waals surface area contributed by atoms with Gasteiger partial charge in [-0.2, -0.15) is 0 Å². The van der Waals surface area contributed by atoms with Crippen molar-refractivity contribution >= 4 is 27.7 Å². The van der Waals surface area contributed by atoms with Crippen molar-refractivity contribution in [2.75, 3.05) is 28.4 Å². The summed E-state index contributed by atoms with van der Waals surface area (Å²) in [5.41, 5.74) is 5.26. The first-order chi connectivity index (χ1) is 12.9. The highest BCUT2D eigenvalue weighted by Gasteiger charge is 2.17. The SMILES string of the molecule is COc1ccc(C(=O)NNC(=O)c2cc(OC)c(OC)cc2Br)cc1OC. The van der Waals surface area contributed by atoms with Crippen LogP contribution in [0, 0.1) is 0 Å². The van der Waals surface area contributed by atoms with Crippen molar-refractivity contribution in [3.8, 4) is 23.0 Å². The van der Waals surface area contributed by atoms with Crippen molar-refractivity contribution in [2.45, 2.75) is 0 Å². The molecule has 2 rings (SSSR count). The molecule has 0 radical (unpaired) electrons. The van der Waals surface area contributed by atoms with Crippen molar-refractivity contribution in [2.24, 2.45) is 0 Å². The van der Waals surface area contributed by atoms with E-state index in [1.807, 2.05) is 0 Å². The van der Waals surface area contributed by atoms with Gasteiger partial charge in [0, 0.05) is 10.0 Å². The van der Waals surface area contributed by atoms with Gasteiger partial charge in [0.1, 0.15) is 0 Å². The monoisotopic (exact) mass is 438 g/mol. The van der Waals surface area contributed by atoms with E-state index in [0.29, 0.717) is 33.0 Å². The minimum atomic E-state index is -0.531. The van der Waals surface area contributed by atoms with Gasteiger partial charge in [0.2, 0.25) is 0 Å². The summed E-state index contributed by atoms with van der Waals surface area (Å²) >= 11 is 3.30. The average Bonchev–Trinajstić information content (AvgIpc) is 2.70. The molecule has 8 nitrogen and oxygen atoms in total. The lowest BCUT2D eigenvalue weighted by Gasteiger charge is -2.13. The number of hydrogen-bond donors (Lipinski definition) is 2. The van der Waals surface area contributed by atoms with Crippen LogP contribution in [0.25, 0.3) is 0 Å². The Morgan fingerprint density at radius 1 is 0.741 bits per heavy atom. The molecule has 0 aliphatic heterocycles. The maximum atomic E-state index is 12.4. The molecule has 0 unspecified atom stereocenters. The molecule has 9 heteroatoms. The smallest absolute Gasteiger partial charge is 0.270 e. The molecule has 2 aromatic rings. The van der Waals surface area contributed by atoms with E-state index < -0.39 is 11.8 Å². The van der Waals surface area contributed by atoms with Gasteiger partial charge >= 0.3 is 0 Å². The minimum absolute atomic E-state index is 0.264. The molecule has 144 valence electrons. The van der Waals surface area contributed by atoms with Crippen molar-refractivity contribution in [3.63, 3.8) is 0 Å². The first kappa shape index (κ1) is 20.4. The van der Waals surface area contributed by atoms with E-state index >= 15 is 0 Å². The fourth-order valence-corrected chi connectivity index (χ4v) is 2.76. The van der Waals surface area contributed by atoms with Crippen molar-refractivity contribution < 1.29 is 28.5 Å². The molecule has 27 heavy (non-hydrogen) atoms. The third-order valence-electron chi connectivity index (χ3n) is 3.65. The first-order valence-electron chi connectivity index (χ1n) is 7.69. The first-order valence-corrected chi connectivity index (χ1v) is 8.48. The number of ether oxygens (including phenoxy) is 4. The van der Waals surface area contributed by atoms with Gasteiger partial charge in [0.15, 0.2) is 23.0 Å². The molecule has 0 saturated heterocycles. The Morgan fingerprint density at radius 3 is 1.85 bits per heavy atom. The molecule has 0 atom stereocenters. The lowest BCUT2D eigenvalue weighted by atomic mass is 10.2. The van der Waals surface area contributed by atoms with Gasteiger partial charge in [-0.05, 0) is 46.3 Å². The van der Waals surface area contributed by atoms with Crippen molar-refractivity contribution in [3.05, 3.63) is 45.9 Å². The lowest BCUT2D eigenvalue weighted by molar-refractivity contribution is 0.0846. The minimum Gasteiger partial charge on any atom is -0.493 e. The number of nitrogens with one attached hydrogen (secondary N) is 2. The number of carbonyl (C=O) groups excluding carboxylic acids is 2. The summed E-state index contributed by atoms with van der Waals surface area (Å²) in [6.07, 6.45) is 0. The van der Waals surface area contributed by atoms with Crippen LogP contribution in [0.4, 0.5) is 0 Å². The maximum absolute atomic E-state index is 12.4. The number of rotatable bonds is 6. The van der Waals surface area contributed by atoms with Crippen LogP contribution in [0.5, 0.6) is 23.0 Å². The third kappa shape index (κ3) is 4.62. The normalized spacial score (nSPS) is 9.96. The molecule has 2 amide bonds. The Kier molecular flexibility index (Phi) is 6.89. The van der Waals surface area contributed by atoms with Gasteiger partial charge in [-0.25, -0.2) is 0 Å². The topological polar surface area (TPSA) is 95.1 Å². The van der Waals surface area contributed by atoms with Gasteiger partial charge in [0.05, 0.1) is 34.0 Å². The Balaban J connectivity index is 2.12. The van der Waals surface area contributed by atoms with Crippen molar-refractivity contribution in [1.82, 2.24) is 10.9 Å². The summed E-state index contributed by atoms with van der Waals surface area (Å²) < 4.78 is 21.1. The molecule has 2 aromatic carbocycles. The molecule has 0 aliphatic rings. The second-order valence-corrected chi connectivity index (χ2v) is 6.02. The van der Waals surface area contributed by atoms with E-state index in [0.717, 1.165) is 0 Å². The number of amides is 2. The zero-order valence-corrected chi connectivity index (χ0v) is 16.8. The van der Waals surface area contributed by atoms with E-state index in [2.05, 4.69) is 26.8 Å². The Labute approximate surface area is 164 Å².